The molecule has 16 heavy (non-hydrogen) atoms. The third kappa shape index (κ3) is 3.56. The molecule has 0 aliphatic carbocycles. The zero-order chi connectivity index (χ0) is 12.0. The number of rotatable bonds is 4. The van der Waals surface area contributed by atoms with Gasteiger partial charge in [0.2, 0.25) is 0 Å². The Morgan fingerprint density at radius 1 is 1.50 bits per heavy atom. The predicted octanol–water partition coefficient (Wildman–Crippen LogP) is 2.60. The van der Waals surface area contributed by atoms with Crippen LogP contribution in [0.4, 0.5) is 4.39 Å². The summed E-state index contributed by atoms with van der Waals surface area (Å²) in [5.74, 6) is 5.51. The maximum Gasteiger partial charge on any atom is 0.123 e. The Bertz CT molecular complexity index is 406. The van der Waals surface area contributed by atoms with Crippen molar-refractivity contribution in [2.24, 2.45) is 0 Å². The molecule has 1 rings (SSSR count). The fourth-order valence-corrected chi connectivity index (χ4v) is 1.46. The highest BCUT2D eigenvalue weighted by atomic mass is 19.1. The highest BCUT2D eigenvalue weighted by molar-refractivity contribution is 5.34. The molecule has 1 aromatic carbocycles. The predicted molar refractivity (Wildman–Crippen MR) is 62.5 cm³/mol. The molecule has 2 N–H and O–H groups in total. The molecule has 0 radical (unpaired) electrons. The zero-order valence-electron chi connectivity index (χ0n) is 9.55. The first-order valence-corrected chi connectivity index (χ1v) is 5.26. The monoisotopic (exact) mass is 221 g/mol. The minimum atomic E-state index is -0.338. The van der Waals surface area contributed by atoms with Crippen molar-refractivity contribution in [1.82, 2.24) is 5.32 Å². The highest BCUT2D eigenvalue weighted by Gasteiger charge is 2.10. The van der Waals surface area contributed by atoms with Crippen molar-refractivity contribution in [3.05, 3.63) is 29.6 Å². The van der Waals surface area contributed by atoms with Crippen molar-refractivity contribution in [2.45, 2.75) is 26.3 Å². The second-order valence-corrected chi connectivity index (χ2v) is 3.56. The van der Waals surface area contributed by atoms with Gasteiger partial charge in [0.25, 0.3) is 0 Å². The van der Waals surface area contributed by atoms with Crippen LogP contribution in [0.1, 0.15) is 31.9 Å². The van der Waals surface area contributed by atoms with Gasteiger partial charge >= 0.3 is 0 Å². The van der Waals surface area contributed by atoms with E-state index >= 15 is 0 Å². The fraction of sp³-hybridized carbons (Fsp3) is 0.385. The summed E-state index contributed by atoms with van der Waals surface area (Å²) in [6, 6.07) is 3.87. The van der Waals surface area contributed by atoms with Gasteiger partial charge in [0.05, 0.1) is 0 Å². The maximum absolute atomic E-state index is 13.0. The number of halogens is 1. The van der Waals surface area contributed by atoms with Crippen molar-refractivity contribution in [2.75, 3.05) is 6.54 Å². The van der Waals surface area contributed by atoms with Crippen LogP contribution in [-0.2, 0) is 0 Å². The van der Waals surface area contributed by atoms with Crippen molar-refractivity contribution in [3.8, 4) is 17.6 Å². The first-order chi connectivity index (χ1) is 7.65. The molecule has 0 aromatic heterocycles. The Morgan fingerprint density at radius 3 is 2.94 bits per heavy atom. The minimum absolute atomic E-state index is 0.0886. The van der Waals surface area contributed by atoms with Gasteiger partial charge in [-0.15, -0.1) is 11.8 Å². The largest absolute Gasteiger partial charge is 0.508 e. The van der Waals surface area contributed by atoms with E-state index < -0.39 is 0 Å². The van der Waals surface area contributed by atoms with Gasteiger partial charge in [-0.1, -0.05) is 0 Å². The number of aromatic hydroxyl groups is 1. The summed E-state index contributed by atoms with van der Waals surface area (Å²) in [7, 11) is 0. The Balaban J connectivity index is 2.60. The molecule has 0 aliphatic rings. The molecule has 0 bridgehead atoms. The van der Waals surface area contributed by atoms with Crippen LogP contribution in [-0.4, -0.2) is 11.7 Å². The van der Waals surface area contributed by atoms with Crippen molar-refractivity contribution in [3.63, 3.8) is 0 Å². The molecule has 1 atom stereocenters. The average molecular weight is 221 g/mol. The third-order valence-corrected chi connectivity index (χ3v) is 2.33. The maximum atomic E-state index is 13.0. The Morgan fingerprint density at radius 2 is 2.25 bits per heavy atom. The molecule has 0 saturated heterocycles. The molecule has 86 valence electrons. The van der Waals surface area contributed by atoms with Crippen LogP contribution >= 0.6 is 0 Å². The average Bonchev–Trinajstić information content (AvgIpc) is 2.27. The Labute approximate surface area is 95.5 Å². The zero-order valence-corrected chi connectivity index (χ0v) is 9.55. The molecule has 1 unspecified atom stereocenters. The smallest absolute Gasteiger partial charge is 0.123 e. The lowest BCUT2D eigenvalue weighted by atomic mass is 10.1. The van der Waals surface area contributed by atoms with Crippen LogP contribution in [0.15, 0.2) is 18.2 Å². The van der Waals surface area contributed by atoms with E-state index in [-0.39, 0.29) is 17.6 Å². The van der Waals surface area contributed by atoms with E-state index in [1.165, 1.54) is 18.2 Å². The van der Waals surface area contributed by atoms with Gasteiger partial charge in [0, 0.05) is 24.6 Å². The summed E-state index contributed by atoms with van der Waals surface area (Å²) in [5.41, 5.74) is 0.574. The minimum Gasteiger partial charge on any atom is -0.508 e. The first-order valence-electron chi connectivity index (χ1n) is 5.26. The Hall–Kier alpha value is -1.53. The molecule has 0 amide bonds. The summed E-state index contributed by atoms with van der Waals surface area (Å²) in [6.07, 6.45) is 0.747. The van der Waals surface area contributed by atoms with E-state index in [9.17, 15) is 9.50 Å². The van der Waals surface area contributed by atoms with E-state index in [1.54, 1.807) is 6.92 Å². The van der Waals surface area contributed by atoms with E-state index in [1.807, 2.05) is 6.92 Å². The molecule has 0 saturated carbocycles. The molecule has 0 fully saturated rings. The quantitative estimate of drug-likeness (QED) is 0.605. The molecule has 2 nitrogen and oxygen atoms in total. The number of phenolic OH excluding ortho intramolecular Hbond substituents is 1. The van der Waals surface area contributed by atoms with Crippen LogP contribution in [0.3, 0.4) is 0 Å². The van der Waals surface area contributed by atoms with Gasteiger partial charge in [-0.25, -0.2) is 4.39 Å². The lowest BCUT2D eigenvalue weighted by molar-refractivity contribution is 0.450. The van der Waals surface area contributed by atoms with Crippen molar-refractivity contribution >= 4 is 0 Å². The SMILES string of the molecule is CC#CCCNC(C)c1cc(F)ccc1O. The van der Waals surface area contributed by atoms with Gasteiger partial charge in [0.1, 0.15) is 11.6 Å². The molecule has 0 heterocycles. The van der Waals surface area contributed by atoms with Gasteiger partial charge in [-0.05, 0) is 32.0 Å². The van der Waals surface area contributed by atoms with E-state index in [0.717, 1.165) is 13.0 Å². The first kappa shape index (κ1) is 12.5. The molecule has 0 spiro atoms. The Kier molecular flexibility index (Phi) is 4.81. The van der Waals surface area contributed by atoms with Crippen molar-refractivity contribution < 1.29 is 9.50 Å². The highest BCUT2D eigenvalue weighted by Crippen LogP contribution is 2.24. The number of benzene rings is 1. The van der Waals surface area contributed by atoms with Crippen LogP contribution in [0.5, 0.6) is 5.75 Å². The lowest BCUT2D eigenvalue weighted by Crippen LogP contribution is -2.19. The number of nitrogens with one attached hydrogen (secondary N) is 1. The molecule has 3 heteroatoms. The topological polar surface area (TPSA) is 32.3 Å². The molecular formula is C13H16FNO. The van der Waals surface area contributed by atoms with Crippen LogP contribution < -0.4 is 5.32 Å². The van der Waals surface area contributed by atoms with Gasteiger partial charge in [-0.2, -0.15) is 0 Å². The molecular weight excluding hydrogens is 205 g/mol. The molecule has 1 aromatic rings. The van der Waals surface area contributed by atoms with E-state index in [0.29, 0.717) is 5.56 Å². The fourth-order valence-electron chi connectivity index (χ4n) is 1.46. The third-order valence-electron chi connectivity index (χ3n) is 2.33. The summed E-state index contributed by atoms with van der Waals surface area (Å²) in [4.78, 5) is 0. The van der Waals surface area contributed by atoms with E-state index in [4.69, 9.17) is 0 Å². The second kappa shape index (κ2) is 6.14. The summed E-state index contributed by atoms with van der Waals surface area (Å²) in [6.45, 7) is 4.40. The van der Waals surface area contributed by atoms with Crippen LogP contribution in [0, 0.1) is 17.7 Å². The van der Waals surface area contributed by atoms with Gasteiger partial charge in [0.15, 0.2) is 0 Å². The number of hydrogen-bond acceptors (Lipinski definition) is 2. The summed E-state index contributed by atoms with van der Waals surface area (Å²) >= 11 is 0. The number of hydrogen-bond donors (Lipinski definition) is 2. The van der Waals surface area contributed by atoms with E-state index in [2.05, 4.69) is 17.2 Å². The van der Waals surface area contributed by atoms with Crippen LogP contribution in [0.2, 0.25) is 0 Å². The van der Waals surface area contributed by atoms with Gasteiger partial charge in [-0.3, -0.25) is 0 Å². The molecule has 0 aliphatic heterocycles. The normalized spacial score (nSPS) is 11.7. The second-order valence-electron chi connectivity index (χ2n) is 3.56. The van der Waals surface area contributed by atoms with Gasteiger partial charge < -0.3 is 10.4 Å². The summed E-state index contributed by atoms with van der Waals surface area (Å²) < 4.78 is 13.0. The standard InChI is InChI=1S/C13H16FNO/c1-3-4-5-8-15-10(2)12-9-11(14)6-7-13(12)16/h6-7,9-10,15-16H,5,8H2,1-2H3. The summed E-state index contributed by atoms with van der Waals surface area (Å²) in [5, 5.41) is 12.7. The number of phenols is 1. The lowest BCUT2D eigenvalue weighted by Gasteiger charge is -2.14. The van der Waals surface area contributed by atoms with Crippen LogP contribution in [0.25, 0.3) is 0 Å². The van der Waals surface area contributed by atoms with Crippen molar-refractivity contribution in [1.29, 1.82) is 0 Å².